The Balaban J connectivity index is 1.77. The van der Waals surface area contributed by atoms with Crippen molar-refractivity contribution in [3.8, 4) is 0 Å². The Labute approximate surface area is 231 Å². The van der Waals surface area contributed by atoms with Crippen LogP contribution in [0, 0.1) is 17.8 Å². The molecule has 0 radical (unpaired) electrons. The van der Waals surface area contributed by atoms with Gasteiger partial charge in [0, 0.05) is 13.1 Å². The summed E-state index contributed by atoms with van der Waals surface area (Å²) in [6, 6.07) is 19.4. The number of nitrogens with zero attached hydrogens (tertiary/aromatic N) is 2. The topological polar surface area (TPSA) is 111 Å². The predicted molar refractivity (Wildman–Crippen MR) is 148 cm³/mol. The number of nitrogens with one attached hydrogen (secondary N) is 2. The molecule has 0 aliphatic carbocycles. The van der Waals surface area contributed by atoms with Crippen LogP contribution in [-0.2, 0) is 32.1 Å². The summed E-state index contributed by atoms with van der Waals surface area (Å²) in [5, 5.41) is 10.9. The number of ether oxygens (including phenoxy) is 1. The minimum Gasteiger partial charge on any atom is -0.379 e. The number of carbonyl (C=O) groups excluding carboxylic acids is 3. The summed E-state index contributed by atoms with van der Waals surface area (Å²) in [6.45, 7) is 6.76. The lowest BCUT2D eigenvalue weighted by atomic mass is 9.81. The van der Waals surface area contributed by atoms with Crippen LogP contribution < -0.4 is 10.9 Å². The molecular formula is C30H42N4O5. The fourth-order valence-corrected chi connectivity index (χ4v) is 4.94. The molecule has 2 aromatic rings. The molecule has 1 fully saturated rings. The van der Waals surface area contributed by atoms with E-state index in [0.29, 0.717) is 45.6 Å². The zero-order valence-corrected chi connectivity index (χ0v) is 23.1. The van der Waals surface area contributed by atoms with E-state index in [0.717, 1.165) is 17.5 Å². The average Bonchev–Trinajstić information content (AvgIpc) is 2.95. The van der Waals surface area contributed by atoms with Crippen LogP contribution in [0.25, 0.3) is 0 Å². The number of carbonyl (C=O) groups is 3. The maximum atomic E-state index is 13.8. The molecule has 1 heterocycles. The van der Waals surface area contributed by atoms with Crippen LogP contribution in [0.4, 0.5) is 0 Å². The monoisotopic (exact) mass is 538 g/mol. The predicted octanol–water partition coefficient (Wildman–Crippen LogP) is 3.19. The first-order chi connectivity index (χ1) is 18.9. The molecule has 1 aliphatic heterocycles. The van der Waals surface area contributed by atoms with Gasteiger partial charge in [0.1, 0.15) is 0 Å². The lowest BCUT2D eigenvalue weighted by molar-refractivity contribution is -0.149. The van der Waals surface area contributed by atoms with Crippen LogP contribution in [0.2, 0.25) is 0 Å². The van der Waals surface area contributed by atoms with Gasteiger partial charge in [-0.05, 0) is 42.7 Å². The van der Waals surface area contributed by atoms with Crippen molar-refractivity contribution in [1.29, 1.82) is 0 Å². The van der Waals surface area contributed by atoms with Gasteiger partial charge in [0.25, 0.3) is 5.91 Å². The Morgan fingerprint density at radius 3 is 2.13 bits per heavy atom. The van der Waals surface area contributed by atoms with E-state index in [9.17, 15) is 19.6 Å². The molecule has 3 rings (SSSR count). The van der Waals surface area contributed by atoms with Crippen molar-refractivity contribution < 1.29 is 24.3 Å². The third-order valence-electron chi connectivity index (χ3n) is 7.01. The quantitative estimate of drug-likeness (QED) is 0.267. The van der Waals surface area contributed by atoms with Crippen LogP contribution in [-0.4, -0.2) is 65.7 Å². The highest BCUT2D eigenvalue weighted by Crippen LogP contribution is 2.27. The van der Waals surface area contributed by atoms with Crippen LogP contribution in [0.5, 0.6) is 0 Å². The molecular weight excluding hydrogens is 496 g/mol. The van der Waals surface area contributed by atoms with E-state index in [4.69, 9.17) is 4.74 Å². The van der Waals surface area contributed by atoms with Crippen LogP contribution >= 0.6 is 0 Å². The normalized spacial score (nSPS) is 15.4. The highest BCUT2D eigenvalue weighted by Gasteiger charge is 2.35. The van der Waals surface area contributed by atoms with E-state index >= 15 is 0 Å². The number of rotatable bonds is 13. The Hall–Kier alpha value is -3.27. The van der Waals surface area contributed by atoms with Gasteiger partial charge in [0.2, 0.25) is 11.8 Å². The van der Waals surface area contributed by atoms with Crippen molar-refractivity contribution in [3.05, 3.63) is 71.8 Å². The second-order valence-corrected chi connectivity index (χ2v) is 10.5. The van der Waals surface area contributed by atoms with Crippen molar-refractivity contribution >= 4 is 17.7 Å². The lowest BCUT2D eigenvalue weighted by Gasteiger charge is -2.32. The summed E-state index contributed by atoms with van der Waals surface area (Å²) in [5.41, 5.74) is 6.65. The third-order valence-corrected chi connectivity index (χ3v) is 7.01. The molecule has 0 bridgehead atoms. The first kappa shape index (κ1) is 30.3. The van der Waals surface area contributed by atoms with E-state index in [2.05, 4.69) is 5.43 Å². The van der Waals surface area contributed by atoms with Gasteiger partial charge in [-0.2, -0.15) is 0 Å². The van der Waals surface area contributed by atoms with E-state index in [-0.39, 0.29) is 24.9 Å². The molecule has 3 N–H and O–H groups in total. The maximum absolute atomic E-state index is 13.8. The molecule has 39 heavy (non-hydrogen) atoms. The second-order valence-electron chi connectivity index (χ2n) is 10.5. The number of morpholine rings is 1. The first-order valence-corrected chi connectivity index (χ1v) is 13.8. The molecule has 2 atom stereocenters. The van der Waals surface area contributed by atoms with Gasteiger partial charge in [-0.15, -0.1) is 0 Å². The molecule has 3 amide bonds. The highest BCUT2D eigenvalue weighted by molar-refractivity contribution is 5.89. The second kappa shape index (κ2) is 16.0. The van der Waals surface area contributed by atoms with Crippen molar-refractivity contribution in [2.45, 2.75) is 46.1 Å². The summed E-state index contributed by atoms with van der Waals surface area (Å²) in [6.07, 6.45) is 2.29. The highest BCUT2D eigenvalue weighted by atomic mass is 16.5. The summed E-state index contributed by atoms with van der Waals surface area (Å²) in [4.78, 5) is 42.0. The number of hydrazine groups is 1. The van der Waals surface area contributed by atoms with Gasteiger partial charge in [-0.25, -0.2) is 10.5 Å². The molecule has 0 saturated carbocycles. The van der Waals surface area contributed by atoms with Crippen molar-refractivity contribution in [1.82, 2.24) is 20.8 Å². The maximum Gasteiger partial charge on any atom is 0.255 e. The summed E-state index contributed by atoms with van der Waals surface area (Å²) in [5.74, 6) is -2.56. The molecule has 0 aromatic heterocycles. The summed E-state index contributed by atoms with van der Waals surface area (Å²) < 4.78 is 5.40. The van der Waals surface area contributed by atoms with E-state index in [1.807, 2.05) is 79.4 Å². The average molecular weight is 539 g/mol. The molecule has 1 unspecified atom stereocenters. The Kier molecular flexibility index (Phi) is 12.4. The number of hydroxylamine groups is 1. The molecule has 212 valence electrons. The first-order valence-electron chi connectivity index (χ1n) is 13.8. The van der Waals surface area contributed by atoms with Gasteiger partial charge in [-0.3, -0.25) is 29.9 Å². The fraction of sp³-hybridized carbons (Fsp3) is 0.500. The van der Waals surface area contributed by atoms with Crippen LogP contribution in [0.1, 0.15) is 44.2 Å². The Bertz CT molecular complexity index is 1030. The van der Waals surface area contributed by atoms with Crippen LogP contribution in [0.3, 0.4) is 0 Å². The van der Waals surface area contributed by atoms with Crippen molar-refractivity contribution in [2.75, 3.05) is 32.8 Å². The van der Waals surface area contributed by atoms with Gasteiger partial charge >= 0.3 is 0 Å². The van der Waals surface area contributed by atoms with Crippen molar-refractivity contribution in [2.24, 2.45) is 17.8 Å². The molecule has 1 saturated heterocycles. The number of hydrogen-bond acceptors (Lipinski definition) is 6. The molecule has 9 heteroatoms. The smallest absolute Gasteiger partial charge is 0.255 e. The molecule has 2 aromatic carbocycles. The zero-order chi connectivity index (χ0) is 28.0. The lowest BCUT2D eigenvalue weighted by Crippen LogP contribution is -2.53. The molecule has 0 spiro atoms. The SMILES string of the molecule is CC(C)C[C@@H](C(=O)NN(Cc1ccccc1)C(=O)CN1CCOCC1)C(CCCc1ccccc1)C(=O)NO. The van der Waals surface area contributed by atoms with Gasteiger partial charge in [-0.1, -0.05) is 74.5 Å². The minimum atomic E-state index is -0.742. The third kappa shape index (κ3) is 10.1. The number of aryl methyl sites for hydroxylation is 1. The number of benzene rings is 2. The Morgan fingerprint density at radius 2 is 1.54 bits per heavy atom. The van der Waals surface area contributed by atoms with Crippen molar-refractivity contribution in [3.63, 3.8) is 0 Å². The largest absolute Gasteiger partial charge is 0.379 e. The number of amides is 3. The van der Waals surface area contributed by atoms with Gasteiger partial charge in [0.05, 0.1) is 38.1 Å². The van der Waals surface area contributed by atoms with E-state index in [1.54, 1.807) is 5.48 Å². The van der Waals surface area contributed by atoms with Crippen LogP contribution in [0.15, 0.2) is 60.7 Å². The molecule has 1 aliphatic rings. The Morgan fingerprint density at radius 1 is 0.923 bits per heavy atom. The fourth-order valence-electron chi connectivity index (χ4n) is 4.94. The summed E-state index contributed by atoms with van der Waals surface area (Å²) >= 11 is 0. The van der Waals surface area contributed by atoms with Gasteiger partial charge < -0.3 is 4.74 Å². The summed E-state index contributed by atoms with van der Waals surface area (Å²) in [7, 11) is 0. The number of hydrogen-bond donors (Lipinski definition) is 3. The molecule has 9 nitrogen and oxygen atoms in total. The van der Waals surface area contributed by atoms with E-state index < -0.39 is 23.7 Å². The van der Waals surface area contributed by atoms with E-state index in [1.165, 1.54) is 5.01 Å². The zero-order valence-electron chi connectivity index (χ0n) is 23.1. The standard InChI is InChI=1S/C30H42N4O5/c1-23(2)20-27(26(30(37)32-38)15-9-14-24-10-5-3-6-11-24)29(36)31-34(21-25-12-7-4-8-13-25)28(35)22-33-16-18-39-19-17-33/h3-8,10-13,23,26-27,38H,9,14-22H2,1-2H3,(H,31,36)(H,32,37)/t26?,27-/m1/s1. The minimum absolute atomic E-state index is 0.121. The van der Waals surface area contributed by atoms with Gasteiger partial charge in [0.15, 0.2) is 0 Å².